The van der Waals surface area contributed by atoms with E-state index in [0.717, 1.165) is 21.9 Å². The summed E-state index contributed by atoms with van der Waals surface area (Å²) in [7, 11) is -4.19. The molecule has 0 aliphatic heterocycles. The second-order valence-electron chi connectivity index (χ2n) is 10.5. The maximum atomic E-state index is 15.0. The number of anilines is 1. The molecule has 7 nitrogen and oxygen atoms in total. The fourth-order valence-electron chi connectivity index (χ4n) is 4.88. The van der Waals surface area contributed by atoms with Gasteiger partial charge in [-0.15, -0.1) is 0 Å². The van der Waals surface area contributed by atoms with Gasteiger partial charge in [0.15, 0.2) is 0 Å². The second-order valence-corrected chi connectivity index (χ2v) is 12.3. The number of nitrogens with zero attached hydrogens (tertiary/aromatic N) is 2. The first-order valence-electron chi connectivity index (χ1n) is 14.8. The van der Waals surface area contributed by atoms with Gasteiger partial charge in [0.1, 0.15) is 18.4 Å². The van der Waals surface area contributed by atoms with Crippen LogP contribution in [0.2, 0.25) is 0 Å². The van der Waals surface area contributed by atoms with Crippen molar-refractivity contribution in [1.29, 1.82) is 0 Å². The summed E-state index contributed by atoms with van der Waals surface area (Å²) in [6.45, 7) is 3.49. The van der Waals surface area contributed by atoms with Crippen molar-refractivity contribution in [1.82, 2.24) is 10.2 Å². The molecule has 230 valence electrons. The fourth-order valence-corrected chi connectivity index (χ4v) is 6.31. The minimum atomic E-state index is -4.19. The van der Waals surface area contributed by atoms with Gasteiger partial charge in [0, 0.05) is 25.1 Å². The van der Waals surface area contributed by atoms with E-state index in [9.17, 15) is 22.4 Å². The Hall–Kier alpha value is -4.50. The molecule has 4 aromatic rings. The van der Waals surface area contributed by atoms with E-state index in [4.69, 9.17) is 0 Å². The molecular weight excluding hydrogens is 577 g/mol. The summed E-state index contributed by atoms with van der Waals surface area (Å²) in [5.41, 5.74) is 2.33. The van der Waals surface area contributed by atoms with Crippen molar-refractivity contribution in [2.45, 2.75) is 50.6 Å². The molecule has 0 aromatic heterocycles. The van der Waals surface area contributed by atoms with Crippen LogP contribution >= 0.6 is 0 Å². The number of benzene rings is 4. The lowest BCUT2D eigenvalue weighted by Gasteiger charge is -2.34. The van der Waals surface area contributed by atoms with Gasteiger partial charge in [-0.1, -0.05) is 92.7 Å². The van der Waals surface area contributed by atoms with Crippen molar-refractivity contribution < 1.29 is 22.4 Å². The van der Waals surface area contributed by atoms with Gasteiger partial charge < -0.3 is 10.2 Å². The van der Waals surface area contributed by atoms with Crippen molar-refractivity contribution in [3.8, 4) is 0 Å². The molecule has 9 heteroatoms. The number of hydrogen-bond donors (Lipinski definition) is 1. The summed E-state index contributed by atoms with van der Waals surface area (Å²) in [6, 6.07) is 29.1. The van der Waals surface area contributed by atoms with E-state index in [2.05, 4.69) is 5.32 Å². The molecule has 4 aromatic carbocycles. The number of halogens is 1. The average molecular weight is 616 g/mol. The quantitative estimate of drug-likeness (QED) is 0.196. The molecule has 0 fully saturated rings. The molecular formula is C35H38FN3O4S. The molecule has 0 heterocycles. The summed E-state index contributed by atoms with van der Waals surface area (Å²) in [6.07, 6.45) is 1.60. The molecule has 0 aliphatic rings. The number of nitrogens with one attached hydrogen (secondary N) is 1. The molecule has 0 spiro atoms. The minimum Gasteiger partial charge on any atom is -0.354 e. The molecule has 44 heavy (non-hydrogen) atoms. The summed E-state index contributed by atoms with van der Waals surface area (Å²) < 4.78 is 44.0. The summed E-state index contributed by atoms with van der Waals surface area (Å²) >= 11 is 0. The van der Waals surface area contributed by atoms with Crippen LogP contribution in [-0.4, -0.2) is 44.3 Å². The Bertz CT molecular complexity index is 1630. The Kier molecular flexibility index (Phi) is 11.3. The largest absolute Gasteiger partial charge is 0.354 e. The van der Waals surface area contributed by atoms with Crippen molar-refractivity contribution in [3.63, 3.8) is 0 Å². The van der Waals surface area contributed by atoms with Crippen LogP contribution in [0.4, 0.5) is 10.1 Å². The zero-order valence-corrected chi connectivity index (χ0v) is 25.8. The van der Waals surface area contributed by atoms with Crippen LogP contribution in [0.1, 0.15) is 37.0 Å². The number of rotatable bonds is 14. The van der Waals surface area contributed by atoms with Gasteiger partial charge >= 0.3 is 0 Å². The lowest BCUT2D eigenvalue weighted by Crippen LogP contribution is -2.53. The fraction of sp³-hybridized carbons (Fsp3) is 0.257. The average Bonchev–Trinajstić information content (AvgIpc) is 3.05. The number of carbonyl (C=O) groups excluding carboxylic acids is 2. The van der Waals surface area contributed by atoms with Crippen LogP contribution in [0.25, 0.3) is 0 Å². The highest BCUT2D eigenvalue weighted by Crippen LogP contribution is 2.26. The van der Waals surface area contributed by atoms with Crippen molar-refractivity contribution in [3.05, 3.63) is 132 Å². The zero-order chi connectivity index (χ0) is 31.5. The first kappa shape index (κ1) is 32.4. The van der Waals surface area contributed by atoms with E-state index >= 15 is 0 Å². The Balaban J connectivity index is 1.80. The normalized spacial score (nSPS) is 11.9. The van der Waals surface area contributed by atoms with Crippen molar-refractivity contribution >= 4 is 27.5 Å². The molecule has 0 bridgehead atoms. The predicted molar refractivity (Wildman–Crippen MR) is 171 cm³/mol. The van der Waals surface area contributed by atoms with E-state index in [0.29, 0.717) is 18.7 Å². The highest BCUT2D eigenvalue weighted by Gasteiger charge is 2.34. The molecule has 1 N–H and O–H groups in total. The topological polar surface area (TPSA) is 86.8 Å². The van der Waals surface area contributed by atoms with E-state index in [1.165, 1.54) is 23.1 Å². The minimum absolute atomic E-state index is 0.0227. The van der Waals surface area contributed by atoms with E-state index in [1.54, 1.807) is 48.5 Å². The maximum Gasteiger partial charge on any atom is 0.264 e. The standard InChI is InChI=1S/C35H38FN3O4S/c1-3-23-37-35(41)33(24-28-13-7-5-8-14-28)38(25-29-15-11-12-18-32(29)36)34(40)26-39(30-21-19-27(4-2)20-22-30)44(42,43)31-16-9-6-10-17-31/h5-22,33H,3-4,23-26H2,1-2H3,(H,37,41)/t33-/m1/s1. The van der Waals surface area contributed by atoms with Gasteiger partial charge in [-0.3, -0.25) is 13.9 Å². The van der Waals surface area contributed by atoms with Crippen LogP contribution in [0.3, 0.4) is 0 Å². The molecule has 1 atom stereocenters. The highest BCUT2D eigenvalue weighted by molar-refractivity contribution is 7.92. The molecule has 2 amide bonds. The number of sulfonamides is 1. The van der Waals surface area contributed by atoms with Crippen molar-refractivity contribution in [2.75, 3.05) is 17.4 Å². The SMILES string of the molecule is CCCNC(=O)[C@@H](Cc1ccccc1)N(Cc1ccccc1F)C(=O)CN(c1ccc(CC)cc1)S(=O)(=O)c1ccccc1. The molecule has 0 radical (unpaired) electrons. The van der Waals surface area contributed by atoms with Gasteiger partial charge in [-0.05, 0) is 54.3 Å². The predicted octanol–water partition coefficient (Wildman–Crippen LogP) is 5.75. The summed E-state index contributed by atoms with van der Waals surface area (Å²) in [5, 5.41) is 2.88. The van der Waals surface area contributed by atoms with Gasteiger partial charge in [-0.25, -0.2) is 12.8 Å². The summed E-state index contributed by atoms with van der Waals surface area (Å²) in [5.74, 6) is -1.56. The lowest BCUT2D eigenvalue weighted by atomic mass is 10.0. The zero-order valence-electron chi connectivity index (χ0n) is 25.0. The van der Waals surface area contributed by atoms with Crippen LogP contribution in [-0.2, 0) is 39.0 Å². The number of hydrogen-bond acceptors (Lipinski definition) is 4. The first-order valence-corrected chi connectivity index (χ1v) is 16.2. The Morgan fingerprint density at radius 2 is 1.41 bits per heavy atom. The smallest absolute Gasteiger partial charge is 0.264 e. The molecule has 4 rings (SSSR count). The number of amides is 2. The van der Waals surface area contributed by atoms with E-state index in [1.807, 2.05) is 56.3 Å². The Morgan fingerprint density at radius 1 is 0.795 bits per heavy atom. The number of carbonyl (C=O) groups is 2. The summed E-state index contributed by atoms with van der Waals surface area (Å²) in [4.78, 5) is 29.3. The highest BCUT2D eigenvalue weighted by atomic mass is 32.2. The van der Waals surface area contributed by atoms with Crippen LogP contribution in [0.15, 0.2) is 114 Å². The third-order valence-corrected chi connectivity index (χ3v) is 9.15. The molecule has 0 aliphatic carbocycles. The molecule has 0 saturated heterocycles. The lowest BCUT2D eigenvalue weighted by molar-refractivity contribution is -0.140. The molecule has 0 saturated carbocycles. The van der Waals surface area contributed by atoms with Gasteiger partial charge in [0.05, 0.1) is 10.6 Å². The van der Waals surface area contributed by atoms with Gasteiger partial charge in [0.2, 0.25) is 11.8 Å². The van der Waals surface area contributed by atoms with E-state index < -0.39 is 40.2 Å². The second kappa shape index (κ2) is 15.3. The number of aryl methyl sites for hydroxylation is 1. The van der Waals surface area contributed by atoms with E-state index in [-0.39, 0.29) is 23.4 Å². The first-order chi connectivity index (χ1) is 21.2. The van der Waals surface area contributed by atoms with Gasteiger partial charge in [-0.2, -0.15) is 0 Å². The Labute approximate surface area is 259 Å². The monoisotopic (exact) mass is 615 g/mol. The van der Waals surface area contributed by atoms with Crippen molar-refractivity contribution in [2.24, 2.45) is 0 Å². The van der Waals surface area contributed by atoms with Crippen LogP contribution in [0, 0.1) is 5.82 Å². The van der Waals surface area contributed by atoms with Crippen LogP contribution < -0.4 is 9.62 Å². The third kappa shape index (κ3) is 8.11. The maximum absolute atomic E-state index is 15.0. The Morgan fingerprint density at radius 3 is 2.02 bits per heavy atom. The molecule has 0 unspecified atom stereocenters. The van der Waals surface area contributed by atoms with Gasteiger partial charge in [0.25, 0.3) is 10.0 Å². The third-order valence-electron chi connectivity index (χ3n) is 7.36. The van der Waals surface area contributed by atoms with Crippen LogP contribution in [0.5, 0.6) is 0 Å².